The topological polar surface area (TPSA) is 12.0 Å². The summed E-state index contributed by atoms with van der Waals surface area (Å²) in [7, 11) is 0. The van der Waals surface area contributed by atoms with Crippen LogP contribution in [-0.2, 0) is 0 Å². The molecule has 64 valence electrons. The average molecular weight is 153 g/mol. The van der Waals surface area contributed by atoms with E-state index >= 15 is 0 Å². The van der Waals surface area contributed by atoms with E-state index in [0.29, 0.717) is 5.54 Å². The van der Waals surface area contributed by atoms with Crippen molar-refractivity contribution in [2.24, 2.45) is 5.92 Å². The predicted molar refractivity (Wildman–Crippen MR) is 47.6 cm³/mol. The minimum Gasteiger partial charge on any atom is -0.308 e. The molecule has 0 aromatic rings. The van der Waals surface area contributed by atoms with E-state index in [0.717, 1.165) is 12.0 Å². The molecule has 0 spiro atoms. The summed E-state index contributed by atoms with van der Waals surface area (Å²) >= 11 is 0. The van der Waals surface area contributed by atoms with Gasteiger partial charge in [-0.1, -0.05) is 20.3 Å². The van der Waals surface area contributed by atoms with E-state index in [1.54, 1.807) is 0 Å². The summed E-state index contributed by atoms with van der Waals surface area (Å²) in [5.41, 5.74) is 0.569. The van der Waals surface area contributed by atoms with Crippen molar-refractivity contribution in [1.82, 2.24) is 5.32 Å². The Morgan fingerprint density at radius 3 is 2.45 bits per heavy atom. The van der Waals surface area contributed by atoms with Crippen LogP contribution in [-0.4, -0.2) is 11.6 Å². The molecular formula is C10H19N. The molecule has 1 atom stereocenters. The Hall–Kier alpha value is -0.0400. The van der Waals surface area contributed by atoms with E-state index in [1.807, 2.05) is 0 Å². The molecule has 2 saturated heterocycles. The fourth-order valence-corrected chi connectivity index (χ4v) is 2.85. The summed E-state index contributed by atoms with van der Waals surface area (Å²) in [5.74, 6) is 0.884. The molecule has 0 aromatic heterocycles. The highest BCUT2D eigenvalue weighted by molar-refractivity contribution is 5.06. The lowest BCUT2D eigenvalue weighted by molar-refractivity contribution is 0.255. The Morgan fingerprint density at radius 1 is 1.45 bits per heavy atom. The highest BCUT2D eigenvalue weighted by Crippen LogP contribution is 2.43. The lowest BCUT2D eigenvalue weighted by Crippen LogP contribution is -2.42. The van der Waals surface area contributed by atoms with Crippen LogP contribution in [0.15, 0.2) is 0 Å². The molecule has 0 saturated carbocycles. The molecule has 1 nitrogen and oxygen atoms in total. The number of fused-ring (bicyclic) bond motifs is 2. The smallest absolute Gasteiger partial charge is 0.0210 e. The lowest BCUT2D eigenvalue weighted by Gasteiger charge is -2.32. The Morgan fingerprint density at radius 2 is 2.09 bits per heavy atom. The van der Waals surface area contributed by atoms with Crippen LogP contribution in [0, 0.1) is 5.92 Å². The number of hydrogen-bond donors (Lipinski definition) is 1. The molecular weight excluding hydrogens is 134 g/mol. The molecule has 2 aliphatic heterocycles. The summed E-state index contributed by atoms with van der Waals surface area (Å²) in [4.78, 5) is 0. The van der Waals surface area contributed by atoms with Crippen LogP contribution in [0.1, 0.15) is 46.0 Å². The standard InChI is InChI=1S/C10H19N/c1-3-8(2)10-6-4-9(11-10)5-7-10/h8-9,11H,3-7H2,1-2H3. The maximum Gasteiger partial charge on any atom is 0.0210 e. The van der Waals surface area contributed by atoms with Crippen molar-refractivity contribution >= 4 is 0 Å². The van der Waals surface area contributed by atoms with Crippen molar-refractivity contribution in [3.8, 4) is 0 Å². The van der Waals surface area contributed by atoms with Crippen LogP contribution in [0.4, 0.5) is 0 Å². The van der Waals surface area contributed by atoms with E-state index in [9.17, 15) is 0 Å². The first-order valence-electron chi connectivity index (χ1n) is 5.04. The van der Waals surface area contributed by atoms with Crippen LogP contribution < -0.4 is 5.32 Å². The van der Waals surface area contributed by atoms with Gasteiger partial charge in [-0.15, -0.1) is 0 Å². The normalized spacial score (nSPS) is 44.7. The highest BCUT2D eigenvalue weighted by Gasteiger charge is 2.46. The van der Waals surface area contributed by atoms with E-state index < -0.39 is 0 Å². The zero-order valence-corrected chi connectivity index (χ0v) is 7.69. The first kappa shape index (κ1) is 7.60. The summed E-state index contributed by atoms with van der Waals surface area (Å²) in [5, 5.41) is 3.79. The minimum atomic E-state index is 0.569. The molecule has 0 radical (unpaired) electrons. The van der Waals surface area contributed by atoms with Crippen molar-refractivity contribution in [2.75, 3.05) is 0 Å². The van der Waals surface area contributed by atoms with Gasteiger partial charge in [-0.25, -0.2) is 0 Å². The second-order valence-electron chi connectivity index (χ2n) is 4.38. The Labute approximate surface area is 69.6 Å². The molecule has 2 rings (SSSR count). The Kier molecular flexibility index (Phi) is 1.71. The molecule has 0 amide bonds. The lowest BCUT2D eigenvalue weighted by atomic mass is 9.77. The van der Waals surface area contributed by atoms with Crippen molar-refractivity contribution < 1.29 is 0 Å². The number of hydrogen-bond acceptors (Lipinski definition) is 1. The Bertz CT molecular complexity index is 145. The van der Waals surface area contributed by atoms with Gasteiger partial charge in [-0.3, -0.25) is 0 Å². The van der Waals surface area contributed by atoms with Gasteiger partial charge in [0.1, 0.15) is 0 Å². The fraction of sp³-hybridized carbons (Fsp3) is 1.00. The van der Waals surface area contributed by atoms with Gasteiger partial charge in [0.05, 0.1) is 0 Å². The molecule has 0 aliphatic carbocycles. The van der Waals surface area contributed by atoms with Crippen molar-refractivity contribution in [1.29, 1.82) is 0 Å². The second kappa shape index (κ2) is 2.48. The van der Waals surface area contributed by atoms with Crippen LogP contribution in [0.25, 0.3) is 0 Å². The molecule has 2 heterocycles. The van der Waals surface area contributed by atoms with Gasteiger partial charge in [0.2, 0.25) is 0 Å². The third-order valence-corrected chi connectivity index (χ3v) is 3.93. The zero-order chi connectivity index (χ0) is 7.90. The first-order valence-corrected chi connectivity index (χ1v) is 5.04. The SMILES string of the molecule is CCC(C)C12CCC(CC1)N2. The largest absolute Gasteiger partial charge is 0.308 e. The average Bonchev–Trinajstić information content (AvgIpc) is 2.62. The monoisotopic (exact) mass is 153 g/mol. The van der Waals surface area contributed by atoms with Crippen LogP contribution >= 0.6 is 0 Å². The van der Waals surface area contributed by atoms with Crippen molar-refractivity contribution in [3.05, 3.63) is 0 Å². The van der Waals surface area contributed by atoms with Gasteiger partial charge in [0.25, 0.3) is 0 Å². The quantitative estimate of drug-likeness (QED) is 0.642. The third kappa shape index (κ3) is 1.01. The van der Waals surface area contributed by atoms with Crippen molar-refractivity contribution in [3.63, 3.8) is 0 Å². The van der Waals surface area contributed by atoms with Gasteiger partial charge in [0.15, 0.2) is 0 Å². The predicted octanol–water partition coefficient (Wildman–Crippen LogP) is 2.32. The van der Waals surface area contributed by atoms with E-state index in [2.05, 4.69) is 19.2 Å². The van der Waals surface area contributed by atoms with E-state index in [4.69, 9.17) is 0 Å². The maximum atomic E-state index is 3.79. The Balaban J connectivity index is 2.09. The summed E-state index contributed by atoms with van der Waals surface area (Å²) in [6.07, 6.45) is 7.08. The molecule has 2 fully saturated rings. The molecule has 2 aliphatic rings. The fourth-order valence-electron chi connectivity index (χ4n) is 2.85. The maximum absolute atomic E-state index is 3.79. The van der Waals surface area contributed by atoms with E-state index in [1.165, 1.54) is 32.1 Å². The summed E-state index contributed by atoms with van der Waals surface area (Å²) in [6.45, 7) is 4.72. The van der Waals surface area contributed by atoms with Crippen molar-refractivity contribution in [2.45, 2.75) is 57.5 Å². The van der Waals surface area contributed by atoms with Gasteiger partial charge < -0.3 is 5.32 Å². The molecule has 2 bridgehead atoms. The van der Waals surface area contributed by atoms with E-state index in [-0.39, 0.29) is 0 Å². The van der Waals surface area contributed by atoms with Gasteiger partial charge >= 0.3 is 0 Å². The summed E-state index contributed by atoms with van der Waals surface area (Å²) < 4.78 is 0. The third-order valence-electron chi connectivity index (χ3n) is 3.93. The van der Waals surface area contributed by atoms with Crippen LogP contribution in [0.2, 0.25) is 0 Å². The molecule has 1 unspecified atom stereocenters. The number of nitrogens with one attached hydrogen (secondary N) is 1. The van der Waals surface area contributed by atoms with Gasteiger partial charge in [-0.05, 0) is 31.6 Å². The zero-order valence-electron chi connectivity index (χ0n) is 7.69. The van der Waals surface area contributed by atoms with Gasteiger partial charge in [-0.2, -0.15) is 0 Å². The molecule has 0 aromatic carbocycles. The van der Waals surface area contributed by atoms with Gasteiger partial charge in [0, 0.05) is 11.6 Å². The first-order chi connectivity index (χ1) is 5.27. The van der Waals surface area contributed by atoms with Crippen LogP contribution in [0.3, 0.4) is 0 Å². The summed E-state index contributed by atoms with van der Waals surface area (Å²) in [6, 6.07) is 0.879. The second-order valence-corrected chi connectivity index (χ2v) is 4.38. The highest BCUT2D eigenvalue weighted by atomic mass is 15.1. The molecule has 11 heavy (non-hydrogen) atoms. The molecule has 1 N–H and O–H groups in total. The molecule has 1 heteroatoms. The minimum absolute atomic E-state index is 0.569. The van der Waals surface area contributed by atoms with Crippen LogP contribution in [0.5, 0.6) is 0 Å². The number of rotatable bonds is 2.